The van der Waals surface area contributed by atoms with E-state index in [0.29, 0.717) is 5.57 Å². The molecule has 0 spiro atoms. The largest absolute Gasteiger partial charge is 0.459 e. The molecular weight excluding hydrogens is 220 g/mol. The lowest BCUT2D eigenvalue weighted by Gasteiger charge is -2.13. The van der Waals surface area contributed by atoms with Gasteiger partial charge in [0.05, 0.1) is 0 Å². The van der Waals surface area contributed by atoms with Gasteiger partial charge >= 0.3 is 11.9 Å². The molecule has 0 aromatic rings. The first-order valence-corrected chi connectivity index (χ1v) is 5.53. The summed E-state index contributed by atoms with van der Waals surface area (Å²) < 4.78 is 9.71. The second kappa shape index (κ2) is 7.65. The molecule has 0 saturated heterocycles. The van der Waals surface area contributed by atoms with Gasteiger partial charge in [0.25, 0.3) is 0 Å². The maximum Gasteiger partial charge on any atom is 0.334 e. The second-order valence-corrected chi connectivity index (χ2v) is 4.08. The van der Waals surface area contributed by atoms with Crippen LogP contribution in [-0.4, -0.2) is 25.2 Å². The van der Waals surface area contributed by atoms with Gasteiger partial charge in [-0.3, -0.25) is 0 Å². The van der Waals surface area contributed by atoms with Crippen molar-refractivity contribution >= 4 is 11.9 Å². The molecule has 0 unspecified atom stereocenters. The van der Waals surface area contributed by atoms with Gasteiger partial charge in [-0.1, -0.05) is 26.0 Å². The Labute approximate surface area is 102 Å². The molecule has 0 aliphatic rings. The summed E-state index contributed by atoms with van der Waals surface area (Å²) in [7, 11) is 0. The van der Waals surface area contributed by atoms with E-state index in [-0.39, 0.29) is 25.1 Å². The molecule has 0 amide bonds. The van der Waals surface area contributed by atoms with Crippen LogP contribution < -0.4 is 0 Å². The molecular formula is C13H20O4. The summed E-state index contributed by atoms with van der Waals surface area (Å²) in [5.41, 5.74) is 1.60. The van der Waals surface area contributed by atoms with Gasteiger partial charge < -0.3 is 9.47 Å². The quantitative estimate of drug-likeness (QED) is 0.406. The van der Waals surface area contributed by atoms with Crippen LogP contribution in [0, 0.1) is 5.92 Å². The van der Waals surface area contributed by atoms with Crippen LogP contribution in [0.1, 0.15) is 27.7 Å². The lowest BCUT2D eigenvalue weighted by molar-refractivity contribution is -0.147. The van der Waals surface area contributed by atoms with E-state index in [1.54, 1.807) is 0 Å². The number of hydrogen-bond acceptors (Lipinski definition) is 4. The number of rotatable bonds is 6. The highest BCUT2D eigenvalue weighted by Gasteiger charge is 2.16. The number of hydrogen-bond donors (Lipinski definition) is 0. The van der Waals surface area contributed by atoms with Crippen molar-refractivity contribution in [1.29, 1.82) is 0 Å². The molecule has 0 aromatic heterocycles. The van der Waals surface area contributed by atoms with Gasteiger partial charge in [-0.25, -0.2) is 9.59 Å². The minimum atomic E-state index is -0.521. The minimum Gasteiger partial charge on any atom is -0.459 e. The van der Waals surface area contributed by atoms with E-state index in [1.807, 2.05) is 27.7 Å². The lowest BCUT2D eigenvalue weighted by Crippen LogP contribution is -2.17. The first kappa shape index (κ1) is 15.4. The molecule has 96 valence electrons. The molecule has 0 saturated carbocycles. The van der Waals surface area contributed by atoms with Crippen LogP contribution in [0.25, 0.3) is 0 Å². The zero-order valence-corrected chi connectivity index (χ0v) is 10.9. The SMILES string of the molecule is C=CC(=O)OCCOC(=O)C(=C(C)C)C(C)C. The van der Waals surface area contributed by atoms with Gasteiger partial charge in [-0.05, 0) is 19.8 Å². The van der Waals surface area contributed by atoms with Crippen molar-refractivity contribution in [2.75, 3.05) is 13.2 Å². The summed E-state index contributed by atoms with van der Waals surface area (Å²) in [4.78, 5) is 22.4. The van der Waals surface area contributed by atoms with Crippen LogP contribution in [0.4, 0.5) is 0 Å². The number of carbonyl (C=O) groups is 2. The first-order valence-electron chi connectivity index (χ1n) is 5.53. The molecule has 0 bridgehead atoms. The fraction of sp³-hybridized carbons (Fsp3) is 0.538. The van der Waals surface area contributed by atoms with Crippen molar-refractivity contribution in [2.45, 2.75) is 27.7 Å². The Balaban J connectivity index is 4.14. The smallest absolute Gasteiger partial charge is 0.334 e. The van der Waals surface area contributed by atoms with Gasteiger partial charge in [0.15, 0.2) is 0 Å². The second-order valence-electron chi connectivity index (χ2n) is 4.08. The fourth-order valence-electron chi connectivity index (χ4n) is 1.43. The van der Waals surface area contributed by atoms with E-state index in [4.69, 9.17) is 9.47 Å². The van der Waals surface area contributed by atoms with E-state index in [2.05, 4.69) is 6.58 Å². The van der Waals surface area contributed by atoms with Gasteiger partial charge in [0.1, 0.15) is 13.2 Å². The van der Waals surface area contributed by atoms with Crippen molar-refractivity contribution in [3.05, 3.63) is 23.8 Å². The minimum absolute atomic E-state index is 0.0464. The number of ether oxygens (including phenoxy) is 2. The molecule has 0 aliphatic heterocycles. The summed E-state index contributed by atoms with van der Waals surface area (Å²) in [6.45, 7) is 11.0. The summed E-state index contributed by atoms with van der Waals surface area (Å²) in [6.07, 6.45) is 1.07. The van der Waals surface area contributed by atoms with Gasteiger partial charge in [0, 0.05) is 11.6 Å². The number of esters is 2. The highest BCUT2D eigenvalue weighted by molar-refractivity contribution is 5.89. The topological polar surface area (TPSA) is 52.6 Å². The fourth-order valence-corrected chi connectivity index (χ4v) is 1.43. The Morgan fingerprint density at radius 1 is 1.18 bits per heavy atom. The molecule has 0 N–H and O–H groups in total. The van der Waals surface area contributed by atoms with Crippen molar-refractivity contribution in [1.82, 2.24) is 0 Å². The average molecular weight is 240 g/mol. The van der Waals surface area contributed by atoms with Crippen LogP contribution in [0.5, 0.6) is 0 Å². The van der Waals surface area contributed by atoms with Gasteiger partial charge in [-0.2, -0.15) is 0 Å². The molecule has 0 radical (unpaired) electrons. The van der Waals surface area contributed by atoms with Gasteiger partial charge in [0.2, 0.25) is 0 Å². The van der Waals surface area contributed by atoms with Crippen molar-refractivity contribution in [3.8, 4) is 0 Å². The van der Waals surface area contributed by atoms with E-state index in [9.17, 15) is 9.59 Å². The Kier molecular flexibility index (Phi) is 6.94. The third kappa shape index (κ3) is 5.90. The maximum atomic E-state index is 11.7. The summed E-state index contributed by atoms with van der Waals surface area (Å²) >= 11 is 0. The highest BCUT2D eigenvalue weighted by Crippen LogP contribution is 2.16. The monoisotopic (exact) mass is 240 g/mol. The van der Waals surface area contributed by atoms with Crippen LogP contribution >= 0.6 is 0 Å². The third-order valence-corrected chi connectivity index (χ3v) is 2.06. The number of carbonyl (C=O) groups excluding carboxylic acids is 2. The predicted octanol–water partition coefficient (Wildman–Crippen LogP) is 2.25. The zero-order chi connectivity index (χ0) is 13.4. The third-order valence-electron chi connectivity index (χ3n) is 2.06. The van der Waals surface area contributed by atoms with E-state index < -0.39 is 5.97 Å². The molecule has 4 heteroatoms. The summed E-state index contributed by atoms with van der Waals surface area (Å²) in [5, 5.41) is 0. The standard InChI is InChI=1S/C13H20O4/c1-6-11(14)16-7-8-17-13(15)12(9(2)3)10(4)5/h6,9H,1,7-8H2,2-5H3. The summed E-state index contributed by atoms with van der Waals surface area (Å²) in [5.74, 6) is -0.759. The molecule has 0 fully saturated rings. The maximum absolute atomic E-state index is 11.7. The van der Waals surface area contributed by atoms with Crippen LogP contribution in [0.15, 0.2) is 23.8 Å². The summed E-state index contributed by atoms with van der Waals surface area (Å²) in [6, 6.07) is 0. The van der Waals surface area contributed by atoms with E-state index in [1.165, 1.54) is 0 Å². The molecule has 0 aliphatic carbocycles. The van der Waals surface area contributed by atoms with Crippen molar-refractivity contribution in [3.63, 3.8) is 0 Å². The molecule has 0 rings (SSSR count). The Morgan fingerprint density at radius 3 is 2.12 bits per heavy atom. The molecule has 0 aromatic carbocycles. The van der Waals surface area contributed by atoms with Crippen LogP contribution in [0.3, 0.4) is 0 Å². The van der Waals surface area contributed by atoms with Gasteiger partial charge in [-0.15, -0.1) is 0 Å². The van der Waals surface area contributed by atoms with E-state index in [0.717, 1.165) is 11.6 Å². The van der Waals surface area contributed by atoms with Crippen molar-refractivity contribution < 1.29 is 19.1 Å². The molecule has 0 heterocycles. The highest BCUT2D eigenvalue weighted by atomic mass is 16.6. The Hall–Kier alpha value is -1.58. The van der Waals surface area contributed by atoms with Crippen molar-refractivity contribution in [2.24, 2.45) is 5.92 Å². The Morgan fingerprint density at radius 2 is 1.71 bits per heavy atom. The molecule has 0 atom stereocenters. The average Bonchev–Trinajstić information content (AvgIpc) is 2.22. The number of allylic oxidation sites excluding steroid dienone is 1. The van der Waals surface area contributed by atoms with E-state index >= 15 is 0 Å². The predicted molar refractivity (Wildman–Crippen MR) is 65.3 cm³/mol. The Bertz CT molecular complexity index is 322. The van der Waals surface area contributed by atoms with Crippen LogP contribution in [-0.2, 0) is 19.1 Å². The van der Waals surface area contributed by atoms with Crippen LogP contribution in [0.2, 0.25) is 0 Å². The zero-order valence-electron chi connectivity index (χ0n) is 10.9. The lowest BCUT2D eigenvalue weighted by atomic mass is 9.99. The first-order chi connectivity index (χ1) is 7.90. The normalized spacial score (nSPS) is 9.71. The molecule has 4 nitrogen and oxygen atoms in total. The molecule has 17 heavy (non-hydrogen) atoms.